The summed E-state index contributed by atoms with van der Waals surface area (Å²) in [7, 11) is -3.58. The molecule has 1 aliphatic heterocycles. The number of nitrogens with one attached hydrogen (secondary N) is 1. The summed E-state index contributed by atoms with van der Waals surface area (Å²) in [6.07, 6.45) is 6.75. The second kappa shape index (κ2) is 5.69. The summed E-state index contributed by atoms with van der Waals surface area (Å²) >= 11 is 0. The summed E-state index contributed by atoms with van der Waals surface area (Å²) in [6.45, 7) is 2.60. The van der Waals surface area contributed by atoms with Crippen LogP contribution in [0.1, 0.15) is 29.2 Å². The Morgan fingerprint density at radius 1 is 1.50 bits per heavy atom. The lowest BCUT2D eigenvalue weighted by Crippen LogP contribution is -2.28. The topological polar surface area (TPSA) is 79.6 Å². The van der Waals surface area contributed by atoms with E-state index in [2.05, 4.69) is 11.2 Å². The van der Waals surface area contributed by atoms with Gasteiger partial charge in [0.15, 0.2) is 5.76 Å². The third-order valence-electron chi connectivity index (χ3n) is 3.13. The molecule has 0 spiro atoms. The van der Waals surface area contributed by atoms with Gasteiger partial charge in [-0.1, -0.05) is 5.92 Å². The molecular weight excluding hydrogens is 280 g/mol. The van der Waals surface area contributed by atoms with Gasteiger partial charge in [0.25, 0.3) is 5.91 Å². The maximum atomic E-state index is 12.4. The molecule has 7 heteroatoms. The molecule has 0 radical (unpaired) electrons. The van der Waals surface area contributed by atoms with E-state index in [-0.39, 0.29) is 23.0 Å². The van der Waals surface area contributed by atoms with Crippen LogP contribution in [0, 0.1) is 19.3 Å². The Balaban J connectivity index is 2.27. The summed E-state index contributed by atoms with van der Waals surface area (Å²) in [5.74, 6) is 1.91. The van der Waals surface area contributed by atoms with Crippen LogP contribution in [0.5, 0.6) is 0 Å². The number of rotatable bonds is 4. The first kappa shape index (κ1) is 14.6. The second-order valence-corrected chi connectivity index (χ2v) is 6.44. The smallest absolute Gasteiger partial charge is 0.287 e. The average molecular weight is 296 g/mol. The minimum absolute atomic E-state index is 0.0458. The first-order chi connectivity index (χ1) is 9.46. The zero-order valence-corrected chi connectivity index (χ0v) is 12.0. The Morgan fingerprint density at radius 2 is 2.15 bits per heavy atom. The summed E-state index contributed by atoms with van der Waals surface area (Å²) in [5.41, 5.74) is 0. The lowest BCUT2D eigenvalue weighted by molar-refractivity contribution is 0.0930. The average Bonchev–Trinajstić information content (AvgIpc) is 3.05. The highest BCUT2D eigenvalue weighted by Crippen LogP contribution is 2.26. The molecule has 6 nitrogen and oxygen atoms in total. The van der Waals surface area contributed by atoms with E-state index in [0.29, 0.717) is 13.1 Å². The van der Waals surface area contributed by atoms with Crippen LogP contribution in [0.4, 0.5) is 0 Å². The van der Waals surface area contributed by atoms with E-state index >= 15 is 0 Å². The van der Waals surface area contributed by atoms with Crippen molar-refractivity contribution < 1.29 is 17.6 Å². The van der Waals surface area contributed by atoms with Gasteiger partial charge >= 0.3 is 0 Å². The minimum atomic E-state index is -3.58. The molecule has 2 rings (SSSR count). The molecule has 0 aliphatic carbocycles. The van der Waals surface area contributed by atoms with Crippen molar-refractivity contribution in [1.82, 2.24) is 9.62 Å². The van der Waals surface area contributed by atoms with Crippen LogP contribution in [0.25, 0.3) is 0 Å². The molecule has 108 valence electrons. The molecule has 0 saturated carbocycles. The number of nitrogens with zero attached hydrogens (tertiary/aromatic N) is 1. The minimum Gasteiger partial charge on any atom is -0.455 e. The second-order valence-electron chi connectivity index (χ2n) is 4.53. The van der Waals surface area contributed by atoms with Crippen LogP contribution in [0.2, 0.25) is 0 Å². The number of carbonyl (C=O) groups excluding carboxylic acids is 1. The van der Waals surface area contributed by atoms with Gasteiger partial charge in [-0.2, -0.15) is 4.31 Å². The number of carbonyl (C=O) groups is 1. The molecule has 1 amide bonds. The lowest BCUT2D eigenvalue weighted by Gasteiger charge is -2.14. The number of hydrogen-bond donors (Lipinski definition) is 1. The summed E-state index contributed by atoms with van der Waals surface area (Å²) < 4.78 is 31.5. The number of hydrogen-bond acceptors (Lipinski definition) is 4. The predicted molar refractivity (Wildman–Crippen MR) is 72.6 cm³/mol. The van der Waals surface area contributed by atoms with Crippen molar-refractivity contribution in [3.05, 3.63) is 17.6 Å². The van der Waals surface area contributed by atoms with Crippen molar-refractivity contribution in [3.63, 3.8) is 0 Å². The van der Waals surface area contributed by atoms with Crippen LogP contribution in [0.15, 0.2) is 15.4 Å². The van der Waals surface area contributed by atoms with Crippen LogP contribution < -0.4 is 5.32 Å². The Labute approximate surface area is 118 Å². The molecule has 0 unspecified atom stereocenters. The molecule has 0 atom stereocenters. The zero-order chi connectivity index (χ0) is 14.8. The number of furan rings is 1. The molecule has 0 bridgehead atoms. The number of aryl methyl sites for hydroxylation is 1. The molecule has 0 aromatic carbocycles. The van der Waals surface area contributed by atoms with Crippen LogP contribution >= 0.6 is 0 Å². The predicted octanol–water partition coefficient (Wildman–Crippen LogP) is 0.736. The fraction of sp³-hybridized carbons (Fsp3) is 0.462. The van der Waals surface area contributed by atoms with E-state index in [1.165, 1.54) is 17.3 Å². The maximum Gasteiger partial charge on any atom is 0.287 e. The van der Waals surface area contributed by atoms with Crippen molar-refractivity contribution in [2.75, 3.05) is 19.6 Å². The highest BCUT2D eigenvalue weighted by molar-refractivity contribution is 7.89. The van der Waals surface area contributed by atoms with Gasteiger partial charge in [-0.3, -0.25) is 4.79 Å². The fourth-order valence-corrected chi connectivity index (χ4v) is 3.80. The van der Waals surface area contributed by atoms with Gasteiger partial charge in [-0.15, -0.1) is 6.42 Å². The summed E-state index contributed by atoms with van der Waals surface area (Å²) in [5, 5.41) is 2.43. The number of sulfonamides is 1. The molecular formula is C13H16N2O4S. The molecule has 20 heavy (non-hydrogen) atoms. The first-order valence-corrected chi connectivity index (χ1v) is 7.73. The van der Waals surface area contributed by atoms with E-state index in [0.717, 1.165) is 12.8 Å². The van der Waals surface area contributed by atoms with Gasteiger partial charge in [-0.25, -0.2) is 8.42 Å². The monoisotopic (exact) mass is 296 g/mol. The van der Waals surface area contributed by atoms with Crippen LogP contribution in [-0.4, -0.2) is 38.3 Å². The van der Waals surface area contributed by atoms with E-state index in [9.17, 15) is 13.2 Å². The Bertz CT molecular complexity index is 648. The summed E-state index contributed by atoms with van der Waals surface area (Å²) in [4.78, 5) is 11.8. The highest BCUT2D eigenvalue weighted by Gasteiger charge is 2.31. The van der Waals surface area contributed by atoms with Gasteiger partial charge in [0, 0.05) is 19.2 Å². The standard InChI is InChI=1S/C13H16N2O4S/c1-3-6-14-13(16)11-9-12(10(2)19-11)20(17,18)15-7-4-5-8-15/h1,9H,4-8H2,2H3,(H,14,16). The van der Waals surface area contributed by atoms with Crippen LogP contribution in [0.3, 0.4) is 0 Å². The van der Waals surface area contributed by atoms with Gasteiger partial charge in [0.2, 0.25) is 10.0 Å². The van der Waals surface area contributed by atoms with E-state index < -0.39 is 15.9 Å². The van der Waals surface area contributed by atoms with E-state index in [1.54, 1.807) is 0 Å². The Kier molecular flexibility index (Phi) is 4.16. The largest absolute Gasteiger partial charge is 0.455 e. The molecule has 1 aliphatic rings. The third kappa shape index (κ3) is 2.71. The van der Waals surface area contributed by atoms with Crippen molar-refractivity contribution in [2.45, 2.75) is 24.7 Å². The molecule has 1 aromatic rings. The molecule has 1 saturated heterocycles. The Hall–Kier alpha value is -1.78. The quantitative estimate of drug-likeness (QED) is 0.831. The maximum absolute atomic E-state index is 12.4. The van der Waals surface area contributed by atoms with E-state index in [1.807, 2.05) is 0 Å². The molecule has 1 aromatic heterocycles. The molecule has 2 heterocycles. The Morgan fingerprint density at radius 3 is 2.75 bits per heavy atom. The normalized spacial score (nSPS) is 16.0. The van der Waals surface area contributed by atoms with Gasteiger partial charge in [-0.05, 0) is 19.8 Å². The first-order valence-electron chi connectivity index (χ1n) is 6.29. The van der Waals surface area contributed by atoms with Crippen molar-refractivity contribution in [2.24, 2.45) is 0 Å². The SMILES string of the molecule is C#CCNC(=O)c1cc(S(=O)(=O)N2CCCC2)c(C)o1. The number of terminal acetylenes is 1. The van der Waals surface area contributed by atoms with E-state index in [4.69, 9.17) is 10.8 Å². The highest BCUT2D eigenvalue weighted by atomic mass is 32.2. The van der Waals surface area contributed by atoms with Gasteiger partial charge in [0.05, 0.1) is 6.54 Å². The fourth-order valence-electron chi connectivity index (χ4n) is 2.12. The van der Waals surface area contributed by atoms with Crippen molar-refractivity contribution in [3.8, 4) is 12.3 Å². The third-order valence-corrected chi connectivity index (χ3v) is 5.14. The lowest BCUT2D eigenvalue weighted by atomic mass is 10.4. The van der Waals surface area contributed by atoms with Gasteiger partial charge in [0.1, 0.15) is 10.7 Å². The number of amides is 1. The van der Waals surface area contributed by atoms with Crippen molar-refractivity contribution in [1.29, 1.82) is 0 Å². The summed E-state index contributed by atoms with van der Waals surface area (Å²) in [6, 6.07) is 1.26. The molecule has 1 fully saturated rings. The molecule has 1 N–H and O–H groups in total. The zero-order valence-electron chi connectivity index (χ0n) is 11.2. The van der Waals surface area contributed by atoms with Gasteiger partial charge < -0.3 is 9.73 Å². The van der Waals surface area contributed by atoms with Crippen LogP contribution in [-0.2, 0) is 10.0 Å². The van der Waals surface area contributed by atoms with Crippen molar-refractivity contribution >= 4 is 15.9 Å².